The number of hydrogen-bond acceptors (Lipinski definition) is 6. The van der Waals surface area contributed by atoms with E-state index in [0.717, 1.165) is 10.2 Å². The number of amides is 1. The van der Waals surface area contributed by atoms with E-state index in [4.69, 9.17) is 0 Å². The molecule has 3 heterocycles. The Labute approximate surface area is 134 Å². The molecule has 0 radical (unpaired) electrons. The average Bonchev–Trinajstić information content (AvgIpc) is 3.24. The standard InChI is InChI=1S/C15H10N6OS/c22-14(15-19-10-4-1-2-5-11(10)23-15)20-12-8-13(17-9-16-12)21-7-3-6-18-21/h1-9H,(H,16,17,20,22). The largest absolute Gasteiger partial charge is 0.304 e. The van der Waals surface area contributed by atoms with Crippen LogP contribution in [0.1, 0.15) is 9.80 Å². The molecular weight excluding hydrogens is 312 g/mol. The summed E-state index contributed by atoms with van der Waals surface area (Å²) in [5.41, 5.74) is 0.808. The zero-order valence-electron chi connectivity index (χ0n) is 11.7. The van der Waals surface area contributed by atoms with Gasteiger partial charge in [0.25, 0.3) is 5.91 Å². The van der Waals surface area contributed by atoms with Crippen LogP contribution in [0.5, 0.6) is 0 Å². The molecule has 0 saturated heterocycles. The first-order chi connectivity index (χ1) is 11.3. The van der Waals surface area contributed by atoms with Gasteiger partial charge >= 0.3 is 0 Å². The predicted molar refractivity (Wildman–Crippen MR) is 86.7 cm³/mol. The number of aromatic nitrogens is 5. The number of thiazole rings is 1. The normalized spacial score (nSPS) is 10.8. The minimum Gasteiger partial charge on any atom is -0.304 e. The molecule has 0 aliphatic carbocycles. The van der Waals surface area contributed by atoms with Crippen LogP contribution in [0.4, 0.5) is 5.82 Å². The third-order valence-corrected chi connectivity index (χ3v) is 4.16. The second kappa shape index (κ2) is 5.58. The average molecular weight is 322 g/mol. The maximum absolute atomic E-state index is 12.3. The quantitative estimate of drug-likeness (QED) is 0.626. The lowest BCUT2D eigenvalue weighted by molar-refractivity contribution is 0.102. The zero-order valence-corrected chi connectivity index (χ0v) is 12.6. The fourth-order valence-electron chi connectivity index (χ4n) is 2.08. The number of nitrogens with one attached hydrogen (secondary N) is 1. The van der Waals surface area contributed by atoms with E-state index in [1.165, 1.54) is 17.7 Å². The summed E-state index contributed by atoms with van der Waals surface area (Å²) in [7, 11) is 0. The lowest BCUT2D eigenvalue weighted by atomic mass is 10.3. The van der Waals surface area contributed by atoms with E-state index in [9.17, 15) is 4.79 Å². The molecule has 0 saturated carbocycles. The zero-order chi connectivity index (χ0) is 15.6. The van der Waals surface area contributed by atoms with Gasteiger partial charge in [0.2, 0.25) is 0 Å². The predicted octanol–water partition coefficient (Wildman–Crippen LogP) is 2.52. The van der Waals surface area contributed by atoms with Crippen molar-refractivity contribution in [1.29, 1.82) is 0 Å². The summed E-state index contributed by atoms with van der Waals surface area (Å²) in [6.07, 6.45) is 4.80. The van der Waals surface area contributed by atoms with Gasteiger partial charge in [0.15, 0.2) is 10.8 Å². The molecule has 0 bridgehead atoms. The SMILES string of the molecule is O=C(Nc1cc(-n2cccn2)ncn1)c1nc2ccccc2s1. The number of para-hydroxylation sites is 1. The van der Waals surface area contributed by atoms with Gasteiger partial charge in [-0.1, -0.05) is 12.1 Å². The topological polar surface area (TPSA) is 85.6 Å². The van der Waals surface area contributed by atoms with Crippen molar-refractivity contribution in [2.45, 2.75) is 0 Å². The summed E-state index contributed by atoms with van der Waals surface area (Å²) in [6, 6.07) is 11.1. The molecule has 0 aliphatic rings. The third-order valence-electron chi connectivity index (χ3n) is 3.12. The lowest BCUT2D eigenvalue weighted by Crippen LogP contribution is -2.13. The lowest BCUT2D eigenvalue weighted by Gasteiger charge is -2.04. The number of hydrogen-bond donors (Lipinski definition) is 1. The number of carbonyl (C=O) groups excluding carboxylic acids is 1. The highest BCUT2D eigenvalue weighted by molar-refractivity contribution is 7.20. The van der Waals surface area contributed by atoms with Crippen molar-refractivity contribution in [3.8, 4) is 5.82 Å². The first kappa shape index (κ1) is 13.5. The van der Waals surface area contributed by atoms with E-state index in [0.29, 0.717) is 16.6 Å². The Morgan fingerprint density at radius 1 is 1.17 bits per heavy atom. The first-order valence-corrected chi connectivity index (χ1v) is 7.60. The Kier molecular flexibility index (Phi) is 3.28. The minimum absolute atomic E-state index is 0.295. The highest BCUT2D eigenvalue weighted by Crippen LogP contribution is 2.22. The van der Waals surface area contributed by atoms with Gasteiger partial charge in [-0.25, -0.2) is 19.6 Å². The molecule has 23 heavy (non-hydrogen) atoms. The minimum atomic E-state index is -0.295. The van der Waals surface area contributed by atoms with E-state index >= 15 is 0 Å². The molecule has 1 N–H and O–H groups in total. The van der Waals surface area contributed by atoms with Gasteiger partial charge in [-0.2, -0.15) is 5.10 Å². The Balaban J connectivity index is 1.60. The van der Waals surface area contributed by atoms with E-state index in [-0.39, 0.29) is 5.91 Å². The number of carbonyl (C=O) groups is 1. The molecule has 7 nitrogen and oxygen atoms in total. The van der Waals surface area contributed by atoms with Crippen LogP contribution >= 0.6 is 11.3 Å². The van der Waals surface area contributed by atoms with Crippen LogP contribution in [0.25, 0.3) is 16.0 Å². The maximum atomic E-state index is 12.3. The second-order valence-electron chi connectivity index (χ2n) is 4.65. The van der Waals surface area contributed by atoms with E-state index in [2.05, 4.69) is 25.4 Å². The van der Waals surface area contributed by atoms with Crippen LogP contribution in [-0.2, 0) is 0 Å². The van der Waals surface area contributed by atoms with Crippen LogP contribution in [0, 0.1) is 0 Å². The number of nitrogens with zero attached hydrogens (tertiary/aromatic N) is 5. The van der Waals surface area contributed by atoms with Crippen LogP contribution < -0.4 is 5.32 Å². The summed E-state index contributed by atoms with van der Waals surface area (Å²) in [4.78, 5) is 24.8. The van der Waals surface area contributed by atoms with Crippen molar-refractivity contribution in [3.63, 3.8) is 0 Å². The Morgan fingerprint density at radius 3 is 2.91 bits per heavy atom. The van der Waals surface area contributed by atoms with Gasteiger partial charge in [-0.05, 0) is 18.2 Å². The molecule has 4 aromatic rings. The van der Waals surface area contributed by atoms with Gasteiger partial charge < -0.3 is 5.32 Å². The van der Waals surface area contributed by atoms with Gasteiger partial charge in [0, 0.05) is 18.5 Å². The van der Waals surface area contributed by atoms with E-state index in [1.807, 2.05) is 24.3 Å². The Hall–Kier alpha value is -3.13. The molecule has 8 heteroatoms. The van der Waals surface area contributed by atoms with Gasteiger partial charge in [0.05, 0.1) is 10.2 Å². The first-order valence-electron chi connectivity index (χ1n) is 6.78. The van der Waals surface area contributed by atoms with Gasteiger partial charge in [-0.15, -0.1) is 11.3 Å². The molecule has 112 valence electrons. The number of fused-ring (bicyclic) bond motifs is 1. The van der Waals surface area contributed by atoms with Crippen LogP contribution in [0.15, 0.2) is 55.1 Å². The van der Waals surface area contributed by atoms with Gasteiger partial charge in [0.1, 0.15) is 12.1 Å². The summed E-state index contributed by atoms with van der Waals surface area (Å²) in [5, 5.41) is 7.23. The number of rotatable bonds is 3. The van der Waals surface area contributed by atoms with Gasteiger partial charge in [-0.3, -0.25) is 4.79 Å². The molecular formula is C15H10N6OS. The molecule has 4 rings (SSSR count). The van der Waals surface area contributed by atoms with Crippen LogP contribution in [0.2, 0.25) is 0 Å². The van der Waals surface area contributed by atoms with Crippen LogP contribution in [-0.4, -0.2) is 30.6 Å². The van der Waals surface area contributed by atoms with Crippen molar-refractivity contribution in [2.24, 2.45) is 0 Å². The fourth-order valence-corrected chi connectivity index (χ4v) is 2.95. The number of benzene rings is 1. The molecule has 0 atom stereocenters. The third kappa shape index (κ3) is 2.67. The highest BCUT2D eigenvalue weighted by atomic mass is 32.1. The van der Waals surface area contributed by atoms with Crippen molar-refractivity contribution in [2.75, 3.05) is 5.32 Å². The summed E-state index contributed by atoms with van der Waals surface area (Å²) in [6.45, 7) is 0. The summed E-state index contributed by atoms with van der Waals surface area (Å²) >= 11 is 1.34. The second-order valence-corrected chi connectivity index (χ2v) is 5.68. The molecule has 1 aromatic carbocycles. The Morgan fingerprint density at radius 2 is 2.09 bits per heavy atom. The Bertz CT molecular complexity index is 945. The van der Waals surface area contributed by atoms with E-state index in [1.54, 1.807) is 29.2 Å². The van der Waals surface area contributed by atoms with Crippen LogP contribution in [0.3, 0.4) is 0 Å². The molecule has 3 aromatic heterocycles. The molecule has 1 amide bonds. The smallest absolute Gasteiger partial charge is 0.285 e. The number of anilines is 1. The van der Waals surface area contributed by atoms with Crippen molar-refractivity contribution in [3.05, 3.63) is 60.1 Å². The molecule has 0 spiro atoms. The molecule has 0 aliphatic heterocycles. The monoisotopic (exact) mass is 322 g/mol. The fraction of sp³-hybridized carbons (Fsp3) is 0. The summed E-state index contributed by atoms with van der Waals surface area (Å²) in [5.74, 6) is 0.677. The van der Waals surface area contributed by atoms with Crippen molar-refractivity contribution in [1.82, 2.24) is 24.7 Å². The van der Waals surface area contributed by atoms with Crippen molar-refractivity contribution >= 4 is 33.3 Å². The molecule has 0 unspecified atom stereocenters. The molecule has 0 fully saturated rings. The summed E-state index contributed by atoms with van der Waals surface area (Å²) < 4.78 is 2.56. The highest BCUT2D eigenvalue weighted by Gasteiger charge is 2.13. The van der Waals surface area contributed by atoms with E-state index < -0.39 is 0 Å². The maximum Gasteiger partial charge on any atom is 0.285 e. The van der Waals surface area contributed by atoms with Crippen molar-refractivity contribution < 1.29 is 4.79 Å².